The summed E-state index contributed by atoms with van der Waals surface area (Å²) in [5.74, 6) is -1.28. The fourth-order valence-corrected chi connectivity index (χ4v) is 2.17. The second-order valence-corrected chi connectivity index (χ2v) is 5.14. The molecule has 0 aliphatic heterocycles. The monoisotopic (exact) mass is 310 g/mol. The highest BCUT2D eigenvalue weighted by molar-refractivity contribution is 5.96. The van der Waals surface area contributed by atoms with Gasteiger partial charge in [-0.05, 0) is 24.1 Å². The molecule has 1 aromatic rings. The minimum absolute atomic E-state index is 0.141. The molecule has 0 fully saturated rings. The van der Waals surface area contributed by atoms with Crippen molar-refractivity contribution < 1.29 is 19.1 Å². The van der Waals surface area contributed by atoms with Crippen LogP contribution in [0.2, 0.25) is 0 Å². The number of amides is 2. The second kappa shape index (κ2) is 9.15. The van der Waals surface area contributed by atoms with E-state index in [2.05, 4.69) is 10.6 Å². The highest BCUT2D eigenvalue weighted by Gasteiger charge is 2.16. The number of aliphatic hydroxyl groups is 1. The first-order chi connectivity index (χ1) is 10.5. The third-order valence-corrected chi connectivity index (χ3v) is 3.60. The molecule has 0 spiro atoms. The summed E-state index contributed by atoms with van der Waals surface area (Å²) in [4.78, 5) is 23.4. The first-order valence-corrected chi connectivity index (χ1v) is 7.46. The van der Waals surface area contributed by atoms with Crippen LogP contribution in [0.3, 0.4) is 0 Å². The molecule has 0 bridgehead atoms. The fraction of sp³-hybridized carbons (Fsp3) is 0.500. The van der Waals surface area contributed by atoms with Crippen molar-refractivity contribution in [3.8, 4) is 0 Å². The number of aliphatic hydroxyl groups excluding tert-OH is 1. The smallest absolute Gasteiger partial charge is 0.251 e. The molecule has 3 N–H and O–H groups in total. The van der Waals surface area contributed by atoms with Gasteiger partial charge in [-0.2, -0.15) is 0 Å². The summed E-state index contributed by atoms with van der Waals surface area (Å²) in [5, 5.41) is 14.9. The SMILES string of the molecule is CCC(CC)C(O)CNC(=O)CNC(=O)c1cccc(F)c1. The number of carbonyl (C=O) groups excluding carboxylic acids is 2. The molecule has 2 amide bonds. The third kappa shape index (κ3) is 5.81. The Kier molecular flexibility index (Phi) is 7.52. The van der Waals surface area contributed by atoms with Gasteiger partial charge < -0.3 is 15.7 Å². The highest BCUT2D eigenvalue weighted by Crippen LogP contribution is 2.12. The predicted octanol–water partition coefficient (Wildman–Crippen LogP) is 1.47. The predicted molar refractivity (Wildman–Crippen MR) is 81.8 cm³/mol. The lowest BCUT2D eigenvalue weighted by Crippen LogP contribution is -2.41. The Morgan fingerprint density at radius 3 is 2.50 bits per heavy atom. The molecule has 0 aromatic heterocycles. The van der Waals surface area contributed by atoms with Crippen molar-refractivity contribution in [3.05, 3.63) is 35.6 Å². The average molecular weight is 310 g/mol. The zero-order valence-corrected chi connectivity index (χ0v) is 12.9. The Balaban J connectivity index is 2.35. The van der Waals surface area contributed by atoms with E-state index in [-0.39, 0.29) is 24.6 Å². The summed E-state index contributed by atoms with van der Waals surface area (Å²) in [7, 11) is 0. The lowest BCUT2D eigenvalue weighted by molar-refractivity contribution is -0.120. The van der Waals surface area contributed by atoms with Gasteiger partial charge in [0.2, 0.25) is 5.91 Å². The van der Waals surface area contributed by atoms with Gasteiger partial charge in [-0.15, -0.1) is 0 Å². The summed E-state index contributed by atoms with van der Waals surface area (Å²) in [6.45, 7) is 3.91. The molecule has 22 heavy (non-hydrogen) atoms. The van der Waals surface area contributed by atoms with Crippen LogP contribution < -0.4 is 10.6 Å². The summed E-state index contributed by atoms with van der Waals surface area (Å²) < 4.78 is 13.0. The summed E-state index contributed by atoms with van der Waals surface area (Å²) >= 11 is 0. The molecular formula is C16H23FN2O3. The van der Waals surface area contributed by atoms with Crippen molar-refractivity contribution in [3.63, 3.8) is 0 Å². The minimum Gasteiger partial charge on any atom is -0.391 e. The van der Waals surface area contributed by atoms with E-state index in [9.17, 15) is 19.1 Å². The number of nitrogens with one attached hydrogen (secondary N) is 2. The minimum atomic E-state index is -0.599. The van der Waals surface area contributed by atoms with E-state index in [0.717, 1.165) is 18.9 Å². The normalized spacial score (nSPS) is 12.0. The van der Waals surface area contributed by atoms with Crippen molar-refractivity contribution in [2.24, 2.45) is 5.92 Å². The molecule has 122 valence electrons. The van der Waals surface area contributed by atoms with Gasteiger partial charge in [0.15, 0.2) is 0 Å². The number of hydrogen-bond donors (Lipinski definition) is 3. The van der Waals surface area contributed by atoms with E-state index >= 15 is 0 Å². The van der Waals surface area contributed by atoms with Gasteiger partial charge in [-0.3, -0.25) is 9.59 Å². The van der Waals surface area contributed by atoms with E-state index in [0.29, 0.717) is 0 Å². The van der Waals surface area contributed by atoms with Crippen molar-refractivity contribution in [2.75, 3.05) is 13.1 Å². The molecule has 6 heteroatoms. The topological polar surface area (TPSA) is 78.4 Å². The standard InChI is InChI=1S/C16H23FN2O3/c1-3-11(4-2)14(20)9-18-15(21)10-19-16(22)12-6-5-7-13(17)8-12/h5-8,11,14,20H,3-4,9-10H2,1-2H3,(H,18,21)(H,19,22). The van der Waals surface area contributed by atoms with Gasteiger partial charge in [-0.1, -0.05) is 32.8 Å². The lowest BCUT2D eigenvalue weighted by atomic mass is 9.96. The van der Waals surface area contributed by atoms with Crippen molar-refractivity contribution >= 4 is 11.8 Å². The summed E-state index contributed by atoms with van der Waals surface area (Å²) in [6, 6.07) is 5.23. The van der Waals surface area contributed by atoms with Gasteiger partial charge in [0.25, 0.3) is 5.91 Å². The van der Waals surface area contributed by atoms with E-state index < -0.39 is 23.7 Å². The second-order valence-electron chi connectivity index (χ2n) is 5.14. The van der Waals surface area contributed by atoms with Crippen LogP contribution in [0.15, 0.2) is 24.3 Å². The number of benzene rings is 1. The number of halogens is 1. The quantitative estimate of drug-likeness (QED) is 0.680. The molecule has 1 unspecified atom stereocenters. The van der Waals surface area contributed by atoms with Crippen LogP contribution in [0.1, 0.15) is 37.0 Å². The first-order valence-electron chi connectivity index (χ1n) is 7.46. The Morgan fingerprint density at radius 1 is 1.23 bits per heavy atom. The Morgan fingerprint density at radius 2 is 1.91 bits per heavy atom. The summed E-state index contributed by atoms with van der Waals surface area (Å²) in [5.41, 5.74) is 0.157. The van der Waals surface area contributed by atoms with Crippen LogP contribution in [0.25, 0.3) is 0 Å². The molecule has 0 heterocycles. The zero-order chi connectivity index (χ0) is 16.5. The third-order valence-electron chi connectivity index (χ3n) is 3.60. The van der Waals surface area contributed by atoms with Gasteiger partial charge in [0.1, 0.15) is 5.82 Å². The van der Waals surface area contributed by atoms with Gasteiger partial charge in [0.05, 0.1) is 12.6 Å². The van der Waals surface area contributed by atoms with E-state index in [4.69, 9.17) is 0 Å². The van der Waals surface area contributed by atoms with E-state index in [1.165, 1.54) is 18.2 Å². The molecule has 5 nitrogen and oxygen atoms in total. The molecule has 0 aliphatic carbocycles. The van der Waals surface area contributed by atoms with Gasteiger partial charge in [-0.25, -0.2) is 4.39 Å². The van der Waals surface area contributed by atoms with Crippen LogP contribution in [0.5, 0.6) is 0 Å². The van der Waals surface area contributed by atoms with E-state index in [1.54, 1.807) is 0 Å². The Labute approximate surface area is 129 Å². The van der Waals surface area contributed by atoms with Crippen LogP contribution in [0.4, 0.5) is 4.39 Å². The summed E-state index contributed by atoms with van der Waals surface area (Å²) in [6.07, 6.45) is 1.08. The molecule has 0 saturated carbocycles. The zero-order valence-electron chi connectivity index (χ0n) is 12.9. The van der Waals surface area contributed by atoms with Crippen LogP contribution in [-0.2, 0) is 4.79 Å². The van der Waals surface area contributed by atoms with Crippen LogP contribution in [-0.4, -0.2) is 36.1 Å². The van der Waals surface area contributed by atoms with Gasteiger partial charge in [0, 0.05) is 12.1 Å². The van der Waals surface area contributed by atoms with Crippen molar-refractivity contribution in [1.82, 2.24) is 10.6 Å². The number of hydrogen-bond acceptors (Lipinski definition) is 3. The molecule has 0 aliphatic rings. The maximum Gasteiger partial charge on any atom is 0.251 e. The Hall–Kier alpha value is -1.95. The van der Waals surface area contributed by atoms with Crippen LogP contribution in [0, 0.1) is 11.7 Å². The highest BCUT2D eigenvalue weighted by atomic mass is 19.1. The maximum absolute atomic E-state index is 13.0. The Bertz CT molecular complexity index is 504. The van der Waals surface area contributed by atoms with Gasteiger partial charge >= 0.3 is 0 Å². The molecule has 1 aromatic carbocycles. The maximum atomic E-state index is 13.0. The average Bonchev–Trinajstić information content (AvgIpc) is 2.51. The molecule has 1 rings (SSSR count). The molecular weight excluding hydrogens is 287 g/mol. The fourth-order valence-electron chi connectivity index (χ4n) is 2.17. The number of rotatable bonds is 8. The lowest BCUT2D eigenvalue weighted by Gasteiger charge is -2.20. The largest absolute Gasteiger partial charge is 0.391 e. The van der Waals surface area contributed by atoms with Crippen LogP contribution >= 0.6 is 0 Å². The van der Waals surface area contributed by atoms with Crippen molar-refractivity contribution in [2.45, 2.75) is 32.8 Å². The molecule has 0 saturated heterocycles. The molecule has 1 atom stereocenters. The number of carbonyl (C=O) groups is 2. The van der Waals surface area contributed by atoms with E-state index in [1.807, 2.05) is 13.8 Å². The van der Waals surface area contributed by atoms with Crippen molar-refractivity contribution in [1.29, 1.82) is 0 Å². The molecule has 0 radical (unpaired) electrons. The first kappa shape index (κ1) is 18.1.